The summed E-state index contributed by atoms with van der Waals surface area (Å²) in [5.41, 5.74) is 4.24. The molecule has 2 atom stereocenters. The van der Waals surface area contributed by atoms with Crippen LogP contribution < -0.4 is 5.73 Å². The Labute approximate surface area is 77.5 Å². The molecule has 0 aromatic heterocycles. The van der Waals surface area contributed by atoms with Gasteiger partial charge in [0.05, 0.1) is 6.10 Å². The molecule has 0 radical (unpaired) electrons. The topological polar surface area (TPSA) is 92.8 Å². The van der Waals surface area contributed by atoms with Crippen LogP contribution in [0.4, 0.5) is 4.79 Å². The molecule has 0 aliphatic heterocycles. The SMILES string of the molecule is CC(C)(C)C(O)[C@H](O)COC(N)=O. The van der Waals surface area contributed by atoms with E-state index in [0.717, 1.165) is 0 Å². The zero-order chi connectivity index (χ0) is 10.6. The molecule has 78 valence electrons. The molecule has 1 amide bonds. The molecule has 5 nitrogen and oxygen atoms in total. The Hall–Kier alpha value is -0.810. The number of primary amides is 1. The minimum Gasteiger partial charge on any atom is -0.447 e. The maximum atomic E-state index is 10.2. The predicted molar refractivity (Wildman–Crippen MR) is 47.0 cm³/mol. The van der Waals surface area contributed by atoms with E-state index in [1.807, 2.05) is 0 Å². The first-order valence-corrected chi connectivity index (χ1v) is 4.03. The second-order valence-electron chi connectivity index (χ2n) is 4.01. The molecule has 13 heavy (non-hydrogen) atoms. The Morgan fingerprint density at radius 1 is 1.46 bits per heavy atom. The molecule has 0 aromatic rings. The lowest BCUT2D eigenvalue weighted by molar-refractivity contribution is -0.0667. The highest BCUT2D eigenvalue weighted by atomic mass is 16.6. The fraction of sp³-hybridized carbons (Fsp3) is 0.875. The Kier molecular flexibility index (Phi) is 4.16. The van der Waals surface area contributed by atoms with Gasteiger partial charge in [0.25, 0.3) is 0 Å². The van der Waals surface area contributed by atoms with E-state index in [4.69, 9.17) is 5.73 Å². The van der Waals surface area contributed by atoms with Crippen molar-refractivity contribution in [1.29, 1.82) is 0 Å². The predicted octanol–water partition coefficient (Wildman–Crippen LogP) is -0.150. The van der Waals surface area contributed by atoms with Crippen LogP contribution in [0.5, 0.6) is 0 Å². The van der Waals surface area contributed by atoms with Crippen molar-refractivity contribution in [2.45, 2.75) is 33.0 Å². The van der Waals surface area contributed by atoms with Crippen molar-refractivity contribution in [2.75, 3.05) is 6.61 Å². The minimum absolute atomic E-state index is 0.284. The minimum atomic E-state index is -1.10. The van der Waals surface area contributed by atoms with E-state index in [1.165, 1.54) is 0 Å². The van der Waals surface area contributed by atoms with Gasteiger partial charge in [0.15, 0.2) is 0 Å². The molecule has 1 unspecified atom stereocenters. The van der Waals surface area contributed by atoms with Gasteiger partial charge in [0, 0.05) is 0 Å². The summed E-state index contributed by atoms with van der Waals surface area (Å²) in [6.45, 7) is 5.02. The number of carbonyl (C=O) groups is 1. The van der Waals surface area contributed by atoms with Crippen LogP contribution in [0.1, 0.15) is 20.8 Å². The summed E-state index contributed by atoms with van der Waals surface area (Å²) in [6.07, 6.45) is -3.01. The van der Waals surface area contributed by atoms with Gasteiger partial charge in [0.1, 0.15) is 12.7 Å². The Morgan fingerprint density at radius 3 is 2.23 bits per heavy atom. The summed E-state index contributed by atoms with van der Waals surface area (Å²) in [7, 11) is 0. The van der Waals surface area contributed by atoms with E-state index >= 15 is 0 Å². The summed E-state index contributed by atoms with van der Waals surface area (Å²) in [5, 5.41) is 18.8. The first kappa shape index (κ1) is 12.2. The monoisotopic (exact) mass is 191 g/mol. The largest absolute Gasteiger partial charge is 0.447 e. The zero-order valence-corrected chi connectivity index (χ0v) is 8.15. The molecule has 0 aliphatic carbocycles. The molecule has 0 aromatic carbocycles. The van der Waals surface area contributed by atoms with Crippen LogP contribution in [-0.2, 0) is 4.74 Å². The van der Waals surface area contributed by atoms with Gasteiger partial charge in [-0.05, 0) is 5.41 Å². The molecule has 0 rings (SSSR count). The lowest BCUT2D eigenvalue weighted by Crippen LogP contribution is -2.41. The maximum Gasteiger partial charge on any atom is 0.404 e. The molecule has 0 saturated heterocycles. The maximum absolute atomic E-state index is 10.2. The van der Waals surface area contributed by atoms with Crippen molar-refractivity contribution >= 4 is 6.09 Å². The van der Waals surface area contributed by atoms with Gasteiger partial charge in [-0.15, -0.1) is 0 Å². The van der Waals surface area contributed by atoms with E-state index in [0.29, 0.717) is 0 Å². The van der Waals surface area contributed by atoms with Gasteiger partial charge in [-0.2, -0.15) is 0 Å². The Balaban J connectivity index is 3.97. The fourth-order valence-electron chi connectivity index (χ4n) is 0.836. The molecule has 0 saturated carbocycles. The summed E-state index contributed by atoms with van der Waals surface area (Å²) >= 11 is 0. The molecular formula is C8H17NO4. The molecule has 0 fully saturated rings. The number of aliphatic hydroxyl groups excluding tert-OH is 2. The third-order valence-corrected chi connectivity index (χ3v) is 1.65. The smallest absolute Gasteiger partial charge is 0.404 e. The van der Waals surface area contributed by atoms with Crippen LogP contribution in [-0.4, -0.2) is 35.1 Å². The average molecular weight is 191 g/mol. The number of carbonyl (C=O) groups excluding carboxylic acids is 1. The number of aliphatic hydroxyl groups is 2. The van der Waals surface area contributed by atoms with Crippen LogP contribution in [0.3, 0.4) is 0 Å². The van der Waals surface area contributed by atoms with E-state index in [2.05, 4.69) is 4.74 Å². The van der Waals surface area contributed by atoms with E-state index in [9.17, 15) is 15.0 Å². The number of ether oxygens (including phenoxy) is 1. The Bertz CT molecular complexity index is 175. The lowest BCUT2D eigenvalue weighted by Gasteiger charge is -2.29. The molecule has 0 aliphatic rings. The van der Waals surface area contributed by atoms with E-state index in [-0.39, 0.29) is 6.61 Å². The van der Waals surface area contributed by atoms with Crippen LogP contribution >= 0.6 is 0 Å². The van der Waals surface area contributed by atoms with Gasteiger partial charge in [-0.1, -0.05) is 20.8 Å². The molecular weight excluding hydrogens is 174 g/mol. The molecule has 5 heteroatoms. The molecule has 0 spiro atoms. The van der Waals surface area contributed by atoms with Crippen molar-refractivity contribution in [2.24, 2.45) is 11.1 Å². The van der Waals surface area contributed by atoms with E-state index in [1.54, 1.807) is 20.8 Å². The average Bonchev–Trinajstić information content (AvgIpc) is 1.96. The van der Waals surface area contributed by atoms with Crippen LogP contribution in [0.25, 0.3) is 0 Å². The number of rotatable bonds is 3. The lowest BCUT2D eigenvalue weighted by atomic mass is 9.86. The number of amides is 1. The number of hydrogen-bond acceptors (Lipinski definition) is 4. The van der Waals surface area contributed by atoms with Gasteiger partial charge in [-0.25, -0.2) is 4.79 Å². The first-order chi connectivity index (χ1) is 5.75. The second kappa shape index (κ2) is 4.43. The quantitative estimate of drug-likeness (QED) is 0.578. The normalized spacial score (nSPS) is 16.4. The van der Waals surface area contributed by atoms with Crippen molar-refractivity contribution in [3.8, 4) is 0 Å². The van der Waals surface area contributed by atoms with Crippen molar-refractivity contribution < 1.29 is 19.7 Å². The highest BCUT2D eigenvalue weighted by Gasteiger charge is 2.29. The molecule has 0 heterocycles. The third kappa shape index (κ3) is 4.69. The number of hydrogen-bond donors (Lipinski definition) is 3. The van der Waals surface area contributed by atoms with Crippen LogP contribution in [0, 0.1) is 5.41 Å². The van der Waals surface area contributed by atoms with Gasteiger partial charge < -0.3 is 20.7 Å². The molecule has 0 bridgehead atoms. The van der Waals surface area contributed by atoms with Gasteiger partial charge in [0.2, 0.25) is 0 Å². The fourth-order valence-corrected chi connectivity index (χ4v) is 0.836. The first-order valence-electron chi connectivity index (χ1n) is 4.03. The van der Waals surface area contributed by atoms with Gasteiger partial charge >= 0.3 is 6.09 Å². The summed E-state index contributed by atoms with van der Waals surface area (Å²) in [6, 6.07) is 0. The van der Waals surface area contributed by atoms with Crippen LogP contribution in [0.15, 0.2) is 0 Å². The number of nitrogens with two attached hydrogens (primary N) is 1. The standard InChI is InChI=1S/C8H17NO4/c1-8(2,3)6(11)5(10)4-13-7(9)12/h5-6,10-11H,4H2,1-3H3,(H2,9,12)/t5-,6?/m1/s1. The highest BCUT2D eigenvalue weighted by Crippen LogP contribution is 2.21. The second-order valence-corrected chi connectivity index (χ2v) is 4.01. The van der Waals surface area contributed by atoms with E-state index < -0.39 is 23.7 Å². The highest BCUT2D eigenvalue weighted by molar-refractivity contribution is 5.64. The summed E-state index contributed by atoms with van der Waals surface area (Å²) in [5.74, 6) is 0. The van der Waals surface area contributed by atoms with Crippen LogP contribution in [0.2, 0.25) is 0 Å². The summed E-state index contributed by atoms with van der Waals surface area (Å²) in [4.78, 5) is 10.2. The summed E-state index contributed by atoms with van der Waals surface area (Å²) < 4.78 is 4.35. The van der Waals surface area contributed by atoms with Gasteiger partial charge in [-0.3, -0.25) is 0 Å². The van der Waals surface area contributed by atoms with Crippen molar-refractivity contribution in [3.05, 3.63) is 0 Å². The zero-order valence-electron chi connectivity index (χ0n) is 8.15. The molecule has 4 N–H and O–H groups in total. The Morgan fingerprint density at radius 2 is 1.92 bits per heavy atom. The van der Waals surface area contributed by atoms with Crippen molar-refractivity contribution in [3.63, 3.8) is 0 Å². The third-order valence-electron chi connectivity index (χ3n) is 1.65. The van der Waals surface area contributed by atoms with Crippen molar-refractivity contribution in [1.82, 2.24) is 0 Å².